The highest BCUT2D eigenvalue weighted by Gasteiger charge is 2.47. The van der Waals surface area contributed by atoms with Crippen LogP contribution in [0.4, 0.5) is 0 Å². The Labute approximate surface area is 463 Å². The van der Waals surface area contributed by atoms with Crippen molar-refractivity contribution in [1.82, 2.24) is 52.3 Å². The second-order valence-electron chi connectivity index (χ2n) is 21.0. The van der Waals surface area contributed by atoms with Crippen LogP contribution in [-0.2, 0) is 40.0 Å². The summed E-state index contributed by atoms with van der Waals surface area (Å²) in [5, 5.41) is 32.8. The molecule has 1 aliphatic carbocycles. The van der Waals surface area contributed by atoms with Gasteiger partial charge in [-0.25, -0.2) is 0 Å². The molecule has 420 valence electrons. The number of rotatable bonds is 20. The molecule has 3 aliphatic rings. The van der Waals surface area contributed by atoms with Gasteiger partial charge in [-0.2, -0.15) is 0 Å². The highest BCUT2D eigenvalue weighted by molar-refractivity contribution is 6.01. The van der Waals surface area contributed by atoms with E-state index in [0.717, 1.165) is 29.5 Å². The number of hydrogen-bond acceptors (Lipinski definition) is 11. The summed E-state index contributed by atoms with van der Waals surface area (Å²) in [5.41, 5.74) is 2.40. The maximum absolute atomic E-state index is 14.7. The Morgan fingerprint density at radius 2 is 1.18 bits per heavy atom. The van der Waals surface area contributed by atoms with Crippen LogP contribution in [0.25, 0.3) is 0 Å². The first-order valence-electron chi connectivity index (χ1n) is 25.8. The van der Waals surface area contributed by atoms with Crippen molar-refractivity contribution < 1.29 is 48.3 Å². The lowest BCUT2D eigenvalue weighted by Crippen LogP contribution is -2.59. The number of benzene rings is 3. The smallest absolute Gasteiger partial charge is 0.303 e. The van der Waals surface area contributed by atoms with Gasteiger partial charge in [0.1, 0.15) is 24.2 Å². The monoisotopic (exact) mass is 1110 g/mol. The van der Waals surface area contributed by atoms with E-state index in [2.05, 4.69) is 42.5 Å². The number of aliphatic carboxylic acids is 1. The molecule has 1 unspecified atom stereocenters. The molecule has 20 nitrogen and oxygen atoms in total. The second kappa shape index (κ2) is 28.1. The molecule has 22 heteroatoms. The quantitative estimate of drug-likeness (QED) is 0.0790. The number of likely N-dealkylation sites (tertiary alicyclic amines) is 2. The maximum atomic E-state index is 14.7. The molecule has 77 heavy (non-hydrogen) atoms. The highest BCUT2D eigenvalue weighted by atomic mass is 35.5. The van der Waals surface area contributed by atoms with Gasteiger partial charge in [0.05, 0.1) is 24.2 Å². The predicted molar refractivity (Wildman–Crippen MR) is 294 cm³/mol. The number of hydrogen-bond donors (Lipinski definition) is 9. The number of nitrogens with zero attached hydrogens (tertiary/aromatic N) is 2. The molecular weight excluding hydrogens is 1030 g/mol. The lowest BCUT2D eigenvalue weighted by atomic mass is 9.85. The fraction of sp³-hybridized carbons (Fsp3) is 0.509. The number of halogens is 2. The third-order valence-corrected chi connectivity index (χ3v) is 14.5. The molecule has 6 rings (SSSR count). The number of amides is 8. The first kappa shape index (κ1) is 62.9. The number of carbonyl (C=O) groups excluding carboxylic acids is 8. The van der Waals surface area contributed by atoms with Gasteiger partial charge in [0.2, 0.25) is 35.4 Å². The van der Waals surface area contributed by atoms with Gasteiger partial charge < -0.3 is 57.4 Å². The van der Waals surface area contributed by atoms with Crippen molar-refractivity contribution in [2.75, 3.05) is 27.2 Å². The molecule has 3 aromatic rings. The van der Waals surface area contributed by atoms with Gasteiger partial charge in [-0.3, -0.25) is 43.2 Å². The van der Waals surface area contributed by atoms with Crippen molar-refractivity contribution in [3.8, 4) is 0 Å². The van der Waals surface area contributed by atoms with Gasteiger partial charge in [0, 0.05) is 42.7 Å². The molecule has 0 radical (unpaired) electrons. The summed E-state index contributed by atoms with van der Waals surface area (Å²) in [6.07, 6.45) is 1.82. The van der Waals surface area contributed by atoms with E-state index < -0.39 is 114 Å². The minimum Gasteiger partial charge on any atom is -0.481 e. The Hall–Kier alpha value is -6.61. The molecule has 10 atom stereocenters. The Morgan fingerprint density at radius 1 is 0.649 bits per heavy atom. The third kappa shape index (κ3) is 16.2. The van der Waals surface area contributed by atoms with Gasteiger partial charge in [0.25, 0.3) is 11.8 Å². The minimum absolute atomic E-state index is 0. The zero-order chi connectivity index (χ0) is 54.7. The minimum atomic E-state index is -1.30. The SMILES string of the molecule is CN[C@@H](C)C(=O)N[C@@H](CCC(=O)O)C(=O)N1C[C@@H](NC(=O)c2cccc(C(=O)N[C@H]3C[C@@H](C(=O)N[C@@H]4CCCc5ccccc54)N(C(=O)[C@@H](NC(=O)[C@H](C)NC)C(C)(C)C)C3)c2)CC1C(=O)N[C@H](C)c1ccccc1.Cl.Cl. The average molecular weight is 1110 g/mol. The predicted octanol–water partition coefficient (Wildman–Crippen LogP) is 3.10. The summed E-state index contributed by atoms with van der Waals surface area (Å²) >= 11 is 0. The van der Waals surface area contributed by atoms with Crippen molar-refractivity contribution in [3.05, 3.63) is 107 Å². The molecule has 0 aromatic heterocycles. The van der Waals surface area contributed by atoms with E-state index in [9.17, 15) is 48.3 Å². The molecule has 2 fully saturated rings. The molecular formula is C55H76Cl2N10O10. The normalized spacial score (nSPS) is 20.7. The zero-order valence-corrected chi connectivity index (χ0v) is 46.6. The van der Waals surface area contributed by atoms with Crippen molar-refractivity contribution >= 4 is 78.0 Å². The fourth-order valence-corrected chi connectivity index (χ4v) is 9.88. The van der Waals surface area contributed by atoms with E-state index in [0.29, 0.717) is 6.42 Å². The van der Waals surface area contributed by atoms with Crippen LogP contribution < -0.4 is 42.5 Å². The van der Waals surface area contributed by atoms with Gasteiger partial charge in [-0.05, 0) is 114 Å². The largest absolute Gasteiger partial charge is 0.481 e. The van der Waals surface area contributed by atoms with E-state index in [1.807, 2.05) is 75.4 Å². The lowest BCUT2D eigenvalue weighted by molar-refractivity contribution is -0.144. The van der Waals surface area contributed by atoms with Crippen molar-refractivity contribution in [1.29, 1.82) is 0 Å². The van der Waals surface area contributed by atoms with Crippen LogP contribution >= 0.6 is 24.8 Å². The van der Waals surface area contributed by atoms with Crippen LogP contribution in [-0.4, -0.2) is 144 Å². The summed E-state index contributed by atoms with van der Waals surface area (Å²) < 4.78 is 0. The summed E-state index contributed by atoms with van der Waals surface area (Å²) in [6, 6.07) is 15.1. The molecule has 0 bridgehead atoms. The first-order chi connectivity index (χ1) is 35.6. The van der Waals surface area contributed by atoms with Gasteiger partial charge in [-0.15, -0.1) is 24.8 Å². The molecule has 2 saturated heterocycles. The highest BCUT2D eigenvalue weighted by Crippen LogP contribution is 2.32. The summed E-state index contributed by atoms with van der Waals surface area (Å²) in [4.78, 5) is 126. The topological polar surface area (TPSA) is 277 Å². The molecule has 2 heterocycles. The number of aryl methyl sites for hydroxylation is 1. The number of likely N-dealkylation sites (N-methyl/N-ethyl adjacent to an activating group) is 2. The molecule has 8 amide bonds. The van der Waals surface area contributed by atoms with Crippen LogP contribution in [0.2, 0.25) is 0 Å². The fourth-order valence-electron chi connectivity index (χ4n) is 9.88. The number of fused-ring (bicyclic) bond motifs is 1. The van der Waals surface area contributed by atoms with Crippen molar-refractivity contribution in [2.45, 2.75) is 147 Å². The van der Waals surface area contributed by atoms with E-state index in [1.165, 1.54) is 34.1 Å². The summed E-state index contributed by atoms with van der Waals surface area (Å²) in [5.74, 6) is -5.37. The summed E-state index contributed by atoms with van der Waals surface area (Å²) in [7, 11) is 3.20. The third-order valence-electron chi connectivity index (χ3n) is 14.5. The number of carbonyl (C=O) groups is 9. The van der Waals surface area contributed by atoms with Gasteiger partial charge in [-0.1, -0.05) is 81.4 Å². The second-order valence-corrected chi connectivity index (χ2v) is 21.0. The number of nitrogens with one attached hydrogen (secondary N) is 8. The van der Waals surface area contributed by atoms with Crippen LogP contribution in [0.15, 0.2) is 78.9 Å². The van der Waals surface area contributed by atoms with Crippen LogP contribution in [0.5, 0.6) is 0 Å². The Balaban J connectivity index is 0.00000640. The Kier molecular flexibility index (Phi) is 23.0. The van der Waals surface area contributed by atoms with E-state index >= 15 is 0 Å². The number of carboxylic acids is 1. The Bertz CT molecular complexity index is 2600. The molecule has 0 saturated carbocycles. The van der Waals surface area contributed by atoms with E-state index in [-0.39, 0.29) is 80.2 Å². The van der Waals surface area contributed by atoms with Crippen molar-refractivity contribution in [3.63, 3.8) is 0 Å². The Morgan fingerprint density at radius 3 is 1.74 bits per heavy atom. The van der Waals surface area contributed by atoms with E-state index in [4.69, 9.17) is 0 Å². The first-order valence-corrected chi connectivity index (χ1v) is 25.8. The van der Waals surface area contributed by atoms with Crippen LogP contribution in [0.1, 0.15) is 130 Å². The van der Waals surface area contributed by atoms with E-state index in [1.54, 1.807) is 34.9 Å². The molecule has 0 spiro atoms. The molecule has 9 N–H and O–H groups in total. The zero-order valence-electron chi connectivity index (χ0n) is 45.0. The maximum Gasteiger partial charge on any atom is 0.303 e. The number of carboxylic acid groups (broad SMARTS) is 1. The van der Waals surface area contributed by atoms with Crippen LogP contribution in [0.3, 0.4) is 0 Å². The summed E-state index contributed by atoms with van der Waals surface area (Å²) in [6.45, 7) is 10.3. The lowest BCUT2D eigenvalue weighted by Gasteiger charge is -2.36. The van der Waals surface area contributed by atoms with Gasteiger partial charge in [0.15, 0.2) is 0 Å². The van der Waals surface area contributed by atoms with Crippen LogP contribution in [0, 0.1) is 5.41 Å². The molecule has 2 aliphatic heterocycles. The molecule has 3 aromatic carbocycles. The standard InChI is InChI=1S/C55H74N10O10.2ClH/c1-31(34-16-10-9-11-17-34)58-51(72)43-27-38(29-64(43)53(74)42(24-25-45(66)67)62-47(68)32(2)56-7)59-49(70)36-20-14-21-37(26-36)50(71)60-39-28-44(52(73)61-41-23-15-19-35-18-12-13-22-40(35)41)65(30-39)54(75)46(55(4,5)6)63-48(69)33(3)57-8;;/h9-14,16-18,20-22,26,31-33,38-39,41-44,46,56-57H,15,19,23-25,27-30H2,1-8H3,(H,58,72)(H,59,70)(H,60,71)(H,61,73)(H,62,68)(H,63,69)(H,66,67);2*1H/t31-,32+,33+,38+,39+,41-,42+,43?,44+,46-;;/m1../s1. The van der Waals surface area contributed by atoms with Gasteiger partial charge >= 0.3 is 5.97 Å². The van der Waals surface area contributed by atoms with Crippen molar-refractivity contribution in [2.24, 2.45) is 5.41 Å². The average Bonchev–Trinajstić information content (AvgIpc) is 4.03.